The van der Waals surface area contributed by atoms with E-state index in [4.69, 9.17) is 0 Å². The highest BCUT2D eigenvalue weighted by Crippen LogP contribution is 2.12. The van der Waals surface area contributed by atoms with Crippen LogP contribution in [0.25, 0.3) is 5.52 Å². The Hall–Kier alpha value is -0.900. The molecule has 56 valence electrons. The van der Waals surface area contributed by atoms with Gasteiger partial charge in [0.15, 0.2) is 0 Å². The van der Waals surface area contributed by atoms with E-state index >= 15 is 0 Å². The van der Waals surface area contributed by atoms with Crippen molar-refractivity contribution in [1.29, 1.82) is 0 Å². The third-order valence-electron chi connectivity index (χ3n) is 1.55. The monoisotopic (exact) mass is 211 g/mol. The van der Waals surface area contributed by atoms with Gasteiger partial charge in [0.25, 0.3) is 0 Å². The van der Waals surface area contributed by atoms with Crippen LogP contribution in [-0.4, -0.2) is 14.8 Å². The van der Waals surface area contributed by atoms with Gasteiger partial charge >= 0.3 is 0 Å². The minimum Gasteiger partial charge on any atom is -0.219 e. The highest BCUT2D eigenvalue weighted by atomic mass is 79.9. The highest BCUT2D eigenvalue weighted by molar-refractivity contribution is 9.10. The van der Waals surface area contributed by atoms with Crippen molar-refractivity contribution in [1.82, 2.24) is 14.8 Å². The first-order valence-corrected chi connectivity index (χ1v) is 4.04. The summed E-state index contributed by atoms with van der Waals surface area (Å²) < 4.78 is 2.76. The number of hydrogen-bond acceptors (Lipinski definition) is 2. The topological polar surface area (TPSA) is 30.2 Å². The van der Waals surface area contributed by atoms with Crippen molar-refractivity contribution in [2.45, 2.75) is 6.92 Å². The van der Waals surface area contributed by atoms with E-state index in [2.05, 4.69) is 26.2 Å². The van der Waals surface area contributed by atoms with Gasteiger partial charge in [0, 0.05) is 10.7 Å². The summed E-state index contributed by atoms with van der Waals surface area (Å²) in [5, 5.41) is 7.84. The fourth-order valence-corrected chi connectivity index (χ4v) is 1.32. The maximum absolute atomic E-state index is 3.93. The zero-order valence-electron chi connectivity index (χ0n) is 5.95. The molecule has 0 fully saturated rings. The average Bonchev–Trinajstić information content (AvgIpc) is 2.32. The molecule has 0 spiro atoms. The molecule has 0 amide bonds. The first kappa shape index (κ1) is 6.79. The zero-order valence-corrected chi connectivity index (χ0v) is 7.54. The Bertz CT molecular complexity index is 393. The molecule has 2 heterocycles. The molecule has 0 aliphatic rings. The maximum Gasteiger partial charge on any atom is 0.0895 e. The summed E-state index contributed by atoms with van der Waals surface area (Å²) in [6.07, 6.45) is 1.88. The predicted molar refractivity (Wildman–Crippen MR) is 45.4 cm³/mol. The number of nitrogens with zero attached hydrogens (tertiary/aromatic N) is 3. The van der Waals surface area contributed by atoms with Crippen LogP contribution in [0.15, 0.2) is 22.8 Å². The van der Waals surface area contributed by atoms with Crippen LogP contribution in [-0.2, 0) is 0 Å². The Morgan fingerprint density at radius 1 is 1.45 bits per heavy atom. The molecule has 0 N–H and O–H groups in total. The van der Waals surface area contributed by atoms with Crippen LogP contribution < -0.4 is 0 Å². The molecule has 0 aliphatic carbocycles. The fraction of sp³-hybridized carbons (Fsp3) is 0.143. The lowest BCUT2D eigenvalue weighted by Crippen LogP contribution is -1.85. The van der Waals surface area contributed by atoms with Crippen molar-refractivity contribution in [2.24, 2.45) is 0 Å². The van der Waals surface area contributed by atoms with Crippen LogP contribution in [0.4, 0.5) is 0 Å². The van der Waals surface area contributed by atoms with Gasteiger partial charge in [-0.2, -0.15) is 0 Å². The Labute approximate surface area is 72.2 Å². The lowest BCUT2D eigenvalue weighted by Gasteiger charge is -1.91. The van der Waals surface area contributed by atoms with Crippen molar-refractivity contribution in [2.75, 3.05) is 0 Å². The van der Waals surface area contributed by atoms with Gasteiger partial charge in [-0.15, -0.1) is 5.10 Å². The van der Waals surface area contributed by atoms with Gasteiger partial charge in [-0.1, -0.05) is 5.21 Å². The van der Waals surface area contributed by atoms with E-state index < -0.39 is 0 Å². The van der Waals surface area contributed by atoms with Gasteiger partial charge in [-0.25, -0.2) is 4.52 Å². The predicted octanol–water partition coefficient (Wildman–Crippen LogP) is 1.80. The van der Waals surface area contributed by atoms with Crippen molar-refractivity contribution in [3.63, 3.8) is 0 Å². The lowest BCUT2D eigenvalue weighted by molar-refractivity contribution is 0.847. The average molecular weight is 212 g/mol. The van der Waals surface area contributed by atoms with Gasteiger partial charge in [-0.3, -0.25) is 0 Å². The van der Waals surface area contributed by atoms with E-state index in [0.717, 1.165) is 15.7 Å². The first-order valence-electron chi connectivity index (χ1n) is 3.24. The van der Waals surface area contributed by atoms with Gasteiger partial charge < -0.3 is 0 Å². The van der Waals surface area contributed by atoms with Crippen LogP contribution in [0.5, 0.6) is 0 Å². The zero-order chi connectivity index (χ0) is 7.84. The summed E-state index contributed by atoms with van der Waals surface area (Å²) in [5.74, 6) is 0. The highest BCUT2D eigenvalue weighted by Gasteiger charge is 1.99. The number of hydrogen-bond donors (Lipinski definition) is 0. The van der Waals surface area contributed by atoms with E-state index in [1.54, 1.807) is 4.52 Å². The molecule has 11 heavy (non-hydrogen) atoms. The summed E-state index contributed by atoms with van der Waals surface area (Å²) in [7, 11) is 0. The molecule has 0 aliphatic heterocycles. The molecular weight excluding hydrogens is 206 g/mol. The van der Waals surface area contributed by atoms with Crippen LogP contribution >= 0.6 is 15.9 Å². The second-order valence-electron chi connectivity index (χ2n) is 2.35. The normalized spacial score (nSPS) is 10.7. The molecule has 2 aromatic rings. The summed E-state index contributed by atoms with van der Waals surface area (Å²) in [4.78, 5) is 0. The Morgan fingerprint density at radius 3 is 3.09 bits per heavy atom. The molecule has 0 bridgehead atoms. The molecule has 2 aromatic heterocycles. The molecule has 0 radical (unpaired) electrons. The van der Waals surface area contributed by atoms with E-state index in [-0.39, 0.29) is 0 Å². The van der Waals surface area contributed by atoms with Crippen LogP contribution in [0.3, 0.4) is 0 Å². The van der Waals surface area contributed by atoms with Crippen LogP contribution in [0, 0.1) is 6.92 Å². The third-order valence-corrected chi connectivity index (χ3v) is 2.02. The molecule has 4 heteroatoms. The molecule has 0 saturated heterocycles. The summed E-state index contributed by atoms with van der Waals surface area (Å²) in [6, 6.07) is 3.96. The number of halogens is 1. The quantitative estimate of drug-likeness (QED) is 0.666. The minimum atomic E-state index is 0.956. The molecular formula is C7H6BrN3. The SMILES string of the molecule is Cc1nnn2cc(Br)ccc12. The second-order valence-corrected chi connectivity index (χ2v) is 3.27. The number of aromatic nitrogens is 3. The largest absolute Gasteiger partial charge is 0.219 e. The molecule has 0 aromatic carbocycles. The number of aryl methyl sites for hydroxylation is 1. The number of rotatable bonds is 0. The van der Waals surface area contributed by atoms with Crippen LogP contribution in [0.2, 0.25) is 0 Å². The Balaban J connectivity index is 2.86. The summed E-state index contributed by atoms with van der Waals surface area (Å²) in [6.45, 7) is 1.94. The molecule has 3 nitrogen and oxygen atoms in total. The van der Waals surface area contributed by atoms with Crippen molar-refractivity contribution in [3.8, 4) is 0 Å². The lowest BCUT2D eigenvalue weighted by atomic mass is 10.3. The standard InChI is InChI=1S/C7H6BrN3/c1-5-7-3-2-6(8)4-11(7)10-9-5/h2-4H,1H3. The van der Waals surface area contributed by atoms with E-state index in [1.807, 2.05) is 25.3 Å². The van der Waals surface area contributed by atoms with Gasteiger partial charge in [-0.05, 0) is 35.0 Å². The summed E-state index contributed by atoms with van der Waals surface area (Å²) in [5.41, 5.74) is 2.01. The molecule has 2 rings (SSSR count). The Kier molecular flexibility index (Phi) is 1.42. The summed E-state index contributed by atoms with van der Waals surface area (Å²) >= 11 is 3.35. The van der Waals surface area contributed by atoms with Gasteiger partial charge in [0.05, 0.1) is 11.2 Å². The second kappa shape index (κ2) is 2.30. The third kappa shape index (κ3) is 1.03. The fourth-order valence-electron chi connectivity index (χ4n) is 0.991. The van der Waals surface area contributed by atoms with Crippen molar-refractivity contribution >= 4 is 21.4 Å². The van der Waals surface area contributed by atoms with E-state index in [9.17, 15) is 0 Å². The maximum atomic E-state index is 3.93. The van der Waals surface area contributed by atoms with Gasteiger partial charge in [0.2, 0.25) is 0 Å². The number of pyridine rings is 1. The minimum absolute atomic E-state index is 0.956. The van der Waals surface area contributed by atoms with E-state index in [0.29, 0.717) is 0 Å². The molecule has 0 saturated carbocycles. The van der Waals surface area contributed by atoms with Gasteiger partial charge in [0.1, 0.15) is 0 Å². The Morgan fingerprint density at radius 2 is 2.27 bits per heavy atom. The van der Waals surface area contributed by atoms with Crippen molar-refractivity contribution < 1.29 is 0 Å². The van der Waals surface area contributed by atoms with E-state index in [1.165, 1.54) is 0 Å². The number of fused-ring (bicyclic) bond motifs is 1. The molecule has 0 atom stereocenters. The van der Waals surface area contributed by atoms with Crippen molar-refractivity contribution in [3.05, 3.63) is 28.5 Å². The first-order chi connectivity index (χ1) is 5.27. The van der Waals surface area contributed by atoms with Crippen LogP contribution in [0.1, 0.15) is 5.69 Å². The smallest absolute Gasteiger partial charge is 0.0895 e. The molecule has 0 unspecified atom stereocenters.